The van der Waals surface area contributed by atoms with E-state index in [0.29, 0.717) is 48.9 Å². The molecule has 0 spiro atoms. The average molecular weight is 452 g/mol. The second kappa shape index (κ2) is 7.83. The number of para-hydroxylation sites is 1. The Hall–Kier alpha value is -4.49. The topological polar surface area (TPSA) is 110 Å². The van der Waals surface area contributed by atoms with E-state index in [2.05, 4.69) is 14.8 Å². The second-order valence-electron chi connectivity index (χ2n) is 8.06. The molecule has 1 aliphatic rings. The number of hydrogen-bond donors (Lipinski definition) is 1. The van der Waals surface area contributed by atoms with Crippen LogP contribution >= 0.6 is 0 Å². The number of hydrogen-bond acceptors (Lipinski definition) is 6. The number of benzene rings is 2. The van der Waals surface area contributed by atoms with E-state index in [-0.39, 0.29) is 11.7 Å². The predicted octanol–water partition coefficient (Wildman–Crippen LogP) is 2.81. The molecule has 1 unspecified atom stereocenters. The average Bonchev–Trinajstić information content (AvgIpc) is 3.42. The van der Waals surface area contributed by atoms with Crippen LogP contribution in [0.1, 0.15) is 18.0 Å². The van der Waals surface area contributed by atoms with Crippen LogP contribution in [0.3, 0.4) is 0 Å². The number of aromatic nitrogens is 6. The maximum Gasteiger partial charge on any atom is 0.330 e. The van der Waals surface area contributed by atoms with Crippen molar-refractivity contribution in [1.82, 2.24) is 28.7 Å². The van der Waals surface area contributed by atoms with Crippen LogP contribution in [-0.4, -0.2) is 41.8 Å². The van der Waals surface area contributed by atoms with Gasteiger partial charge in [0.05, 0.1) is 36.5 Å². The lowest BCUT2D eigenvalue weighted by molar-refractivity contribution is 0.255. The zero-order valence-corrected chi connectivity index (χ0v) is 18.1. The van der Waals surface area contributed by atoms with Gasteiger partial charge >= 0.3 is 5.69 Å². The lowest BCUT2D eigenvalue weighted by Crippen LogP contribution is -2.32. The summed E-state index contributed by atoms with van der Waals surface area (Å²) in [6.45, 7) is 8.50. The van der Waals surface area contributed by atoms with Crippen molar-refractivity contribution in [2.75, 3.05) is 13.2 Å². The fourth-order valence-electron chi connectivity index (χ4n) is 4.61. The van der Waals surface area contributed by atoms with Crippen molar-refractivity contribution in [3.8, 4) is 11.7 Å². The van der Waals surface area contributed by atoms with Gasteiger partial charge in [-0.25, -0.2) is 19.6 Å². The third-order valence-corrected chi connectivity index (χ3v) is 6.16. The van der Waals surface area contributed by atoms with Crippen LogP contribution in [0.25, 0.3) is 33.0 Å². The Morgan fingerprint density at radius 1 is 1.18 bits per heavy atom. The first-order chi connectivity index (χ1) is 16.7. The molecule has 1 atom stereocenters. The summed E-state index contributed by atoms with van der Waals surface area (Å²) in [5.74, 6) is 1.14. The van der Waals surface area contributed by atoms with Gasteiger partial charge in [-0.2, -0.15) is 4.98 Å². The maximum atomic E-state index is 13.6. The normalized spacial score (nSPS) is 15.2. The summed E-state index contributed by atoms with van der Waals surface area (Å²) < 4.78 is 10.9. The van der Waals surface area contributed by atoms with Gasteiger partial charge in [0.1, 0.15) is 17.6 Å². The van der Waals surface area contributed by atoms with E-state index in [9.17, 15) is 4.79 Å². The number of fused-ring (bicyclic) bond motifs is 3. The van der Waals surface area contributed by atoms with Gasteiger partial charge in [-0.05, 0) is 18.2 Å². The zero-order valence-electron chi connectivity index (χ0n) is 18.1. The first-order valence-electron chi connectivity index (χ1n) is 10.9. The molecule has 0 aliphatic carbocycles. The van der Waals surface area contributed by atoms with Crippen molar-refractivity contribution in [2.45, 2.75) is 19.0 Å². The van der Waals surface area contributed by atoms with E-state index in [1.165, 1.54) is 0 Å². The van der Waals surface area contributed by atoms with Crippen LogP contribution in [0.5, 0.6) is 5.75 Å². The van der Waals surface area contributed by atoms with Crippen molar-refractivity contribution >= 4 is 27.9 Å². The Morgan fingerprint density at radius 2 is 2.06 bits per heavy atom. The first-order valence-corrected chi connectivity index (χ1v) is 10.9. The SMILES string of the molecule is [C-]#[N+]c1ccc2ncn(-c3ncc4c(n3)n(C3CCOc5ccccc53)c(=O)n4CCN)c2c1. The van der Waals surface area contributed by atoms with Gasteiger partial charge in [0.15, 0.2) is 11.3 Å². The molecule has 2 N–H and O–H groups in total. The molecule has 0 fully saturated rings. The van der Waals surface area contributed by atoms with E-state index in [0.717, 1.165) is 22.3 Å². The highest BCUT2D eigenvalue weighted by Crippen LogP contribution is 2.35. The Morgan fingerprint density at radius 3 is 2.91 bits per heavy atom. The van der Waals surface area contributed by atoms with Crippen LogP contribution in [0.15, 0.2) is 59.8 Å². The Balaban J connectivity index is 1.60. The Kier molecular flexibility index (Phi) is 4.64. The summed E-state index contributed by atoms with van der Waals surface area (Å²) >= 11 is 0. The molecule has 0 saturated heterocycles. The summed E-state index contributed by atoms with van der Waals surface area (Å²) in [7, 11) is 0. The number of nitrogens with two attached hydrogens (primary N) is 1. The quantitative estimate of drug-likeness (QED) is 0.420. The molecule has 168 valence electrons. The number of ether oxygens (including phenoxy) is 1. The van der Waals surface area contributed by atoms with E-state index in [1.807, 2.05) is 24.3 Å². The summed E-state index contributed by atoms with van der Waals surface area (Å²) in [5, 5.41) is 0. The fourth-order valence-corrected chi connectivity index (χ4v) is 4.61. The minimum atomic E-state index is -0.227. The van der Waals surface area contributed by atoms with Crippen molar-refractivity contribution in [3.63, 3.8) is 0 Å². The first kappa shape index (κ1) is 20.1. The summed E-state index contributed by atoms with van der Waals surface area (Å²) in [6, 6.07) is 12.8. The van der Waals surface area contributed by atoms with E-state index < -0.39 is 0 Å². The van der Waals surface area contributed by atoms with E-state index >= 15 is 0 Å². The molecule has 5 aromatic rings. The van der Waals surface area contributed by atoms with Gasteiger partial charge in [0, 0.05) is 25.1 Å². The molecule has 1 aliphatic heterocycles. The highest BCUT2D eigenvalue weighted by molar-refractivity contribution is 5.81. The summed E-state index contributed by atoms with van der Waals surface area (Å²) in [4.78, 5) is 30.9. The second-order valence-corrected chi connectivity index (χ2v) is 8.06. The number of nitrogens with zero attached hydrogens (tertiary/aromatic N) is 7. The van der Waals surface area contributed by atoms with Gasteiger partial charge in [0.2, 0.25) is 5.95 Å². The molecule has 10 heteroatoms. The molecule has 2 aromatic carbocycles. The minimum Gasteiger partial charge on any atom is -0.493 e. The lowest BCUT2D eigenvalue weighted by Gasteiger charge is -2.26. The molecule has 4 heterocycles. The molecule has 34 heavy (non-hydrogen) atoms. The largest absolute Gasteiger partial charge is 0.493 e. The van der Waals surface area contributed by atoms with Gasteiger partial charge in [0.25, 0.3) is 0 Å². The molecular formula is C24H20N8O2. The molecule has 0 radical (unpaired) electrons. The number of rotatable bonds is 4. The van der Waals surface area contributed by atoms with Crippen molar-refractivity contribution < 1.29 is 4.74 Å². The molecule has 0 bridgehead atoms. The number of imidazole rings is 2. The predicted molar refractivity (Wildman–Crippen MR) is 126 cm³/mol. The molecular weight excluding hydrogens is 432 g/mol. The maximum absolute atomic E-state index is 13.6. The van der Waals surface area contributed by atoms with Crippen LogP contribution in [0, 0.1) is 6.57 Å². The standard InChI is InChI=1S/C24H20N8O2/c1-26-15-6-7-17-19(12-15)31(14-28-17)23-27-13-20-22(29-23)32(24(33)30(20)10-9-25)18-8-11-34-21-5-3-2-4-16(18)21/h2-7,12-14,18H,8-11,25H2. The third kappa shape index (κ3) is 2.98. The van der Waals surface area contributed by atoms with Crippen molar-refractivity contribution in [2.24, 2.45) is 5.73 Å². The third-order valence-electron chi connectivity index (χ3n) is 6.16. The molecule has 10 nitrogen and oxygen atoms in total. The Bertz CT molecular complexity index is 1660. The van der Waals surface area contributed by atoms with Crippen molar-refractivity contribution in [3.05, 3.63) is 82.5 Å². The van der Waals surface area contributed by atoms with Gasteiger partial charge in [-0.3, -0.25) is 13.7 Å². The van der Waals surface area contributed by atoms with Gasteiger partial charge < -0.3 is 10.5 Å². The Labute approximate surface area is 193 Å². The van der Waals surface area contributed by atoms with E-state index in [1.54, 1.807) is 44.4 Å². The van der Waals surface area contributed by atoms with Crippen LogP contribution < -0.4 is 16.2 Å². The molecule has 3 aromatic heterocycles. The van der Waals surface area contributed by atoms with Crippen LogP contribution in [-0.2, 0) is 6.54 Å². The van der Waals surface area contributed by atoms with Gasteiger partial charge in [-0.15, -0.1) is 0 Å². The van der Waals surface area contributed by atoms with Gasteiger partial charge in [-0.1, -0.05) is 24.3 Å². The summed E-state index contributed by atoms with van der Waals surface area (Å²) in [6.07, 6.45) is 3.92. The zero-order chi connectivity index (χ0) is 23.2. The monoisotopic (exact) mass is 452 g/mol. The lowest BCUT2D eigenvalue weighted by atomic mass is 10.0. The smallest absolute Gasteiger partial charge is 0.330 e. The highest BCUT2D eigenvalue weighted by atomic mass is 16.5. The molecule has 0 amide bonds. The molecule has 0 saturated carbocycles. The molecule has 6 rings (SSSR count). The van der Waals surface area contributed by atoms with Crippen molar-refractivity contribution in [1.29, 1.82) is 0 Å². The van der Waals surface area contributed by atoms with Crippen LogP contribution in [0.2, 0.25) is 0 Å². The van der Waals surface area contributed by atoms with Crippen LogP contribution in [0.4, 0.5) is 5.69 Å². The van der Waals surface area contributed by atoms with E-state index in [4.69, 9.17) is 22.0 Å². The minimum absolute atomic E-state index is 0.181. The summed E-state index contributed by atoms with van der Waals surface area (Å²) in [5.41, 5.74) is 9.67. The highest BCUT2D eigenvalue weighted by Gasteiger charge is 2.28. The fraction of sp³-hybridized carbons (Fsp3) is 0.208.